The van der Waals surface area contributed by atoms with E-state index in [1.54, 1.807) is 0 Å². The van der Waals surface area contributed by atoms with Crippen molar-refractivity contribution < 1.29 is 0 Å². The van der Waals surface area contributed by atoms with Gasteiger partial charge in [-0.3, -0.25) is 4.68 Å². The number of piperazine rings is 1. The highest BCUT2D eigenvalue weighted by Gasteiger charge is 2.37. The summed E-state index contributed by atoms with van der Waals surface area (Å²) < 4.78 is 2.02. The SMILES string of the molecule is CCC1CNC(C2CC2)CN1c1cnn(CC)c1. The zero-order valence-electron chi connectivity index (χ0n) is 11.5. The van der Waals surface area contributed by atoms with Crippen molar-refractivity contribution in [1.29, 1.82) is 0 Å². The number of hydrogen-bond donors (Lipinski definition) is 1. The third-order valence-corrected chi connectivity index (χ3v) is 4.39. The van der Waals surface area contributed by atoms with Crippen LogP contribution in [0, 0.1) is 5.92 Å². The average molecular weight is 248 g/mol. The lowest BCUT2D eigenvalue weighted by atomic mass is 10.0. The third kappa shape index (κ3) is 2.26. The molecule has 1 saturated carbocycles. The minimum absolute atomic E-state index is 0.620. The predicted octanol–water partition coefficient (Wildman–Crippen LogP) is 1.87. The van der Waals surface area contributed by atoms with Gasteiger partial charge in [-0.1, -0.05) is 6.92 Å². The fraction of sp³-hybridized carbons (Fsp3) is 0.786. The Labute approximate surface area is 109 Å². The molecule has 1 saturated heterocycles. The van der Waals surface area contributed by atoms with E-state index in [-0.39, 0.29) is 0 Å². The summed E-state index contributed by atoms with van der Waals surface area (Å²) in [6.07, 6.45) is 8.24. The van der Waals surface area contributed by atoms with E-state index in [2.05, 4.69) is 35.4 Å². The predicted molar refractivity (Wildman–Crippen MR) is 73.8 cm³/mol. The fourth-order valence-electron chi connectivity index (χ4n) is 2.99. The lowest BCUT2D eigenvalue weighted by Gasteiger charge is -2.41. The van der Waals surface area contributed by atoms with Crippen LogP contribution in [0.3, 0.4) is 0 Å². The molecule has 1 aromatic heterocycles. The van der Waals surface area contributed by atoms with E-state index < -0.39 is 0 Å². The Morgan fingerprint density at radius 1 is 1.39 bits per heavy atom. The van der Waals surface area contributed by atoms with Gasteiger partial charge < -0.3 is 10.2 Å². The van der Waals surface area contributed by atoms with E-state index >= 15 is 0 Å². The summed E-state index contributed by atoms with van der Waals surface area (Å²) in [6, 6.07) is 1.31. The van der Waals surface area contributed by atoms with E-state index in [0.717, 1.165) is 25.6 Å². The molecular weight excluding hydrogens is 224 g/mol. The number of nitrogens with zero attached hydrogens (tertiary/aromatic N) is 3. The Kier molecular flexibility index (Phi) is 3.29. The monoisotopic (exact) mass is 248 g/mol. The van der Waals surface area contributed by atoms with Crippen molar-refractivity contribution in [2.24, 2.45) is 5.92 Å². The Bertz CT molecular complexity index is 396. The molecule has 2 fully saturated rings. The first-order valence-corrected chi connectivity index (χ1v) is 7.34. The summed E-state index contributed by atoms with van der Waals surface area (Å²) in [5.74, 6) is 0.923. The van der Waals surface area contributed by atoms with Gasteiger partial charge in [0.05, 0.1) is 11.9 Å². The highest BCUT2D eigenvalue weighted by atomic mass is 15.3. The molecular formula is C14H24N4. The second-order valence-electron chi connectivity index (χ2n) is 5.62. The first kappa shape index (κ1) is 12.0. The standard InChI is InChI=1S/C14H24N4/c1-3-12-7-15-14(11-5-6-11)10-18(12)13-8-16-17(4-2)9-13/h8-9,11-12,14-15H,3-7,10H2,1-2H3. The van der Waals surface area contributed by atoms with E-state index in [1.165, 1.54) is 24.9 Å². The van der Waals surface area contributed by atoms with Crippen LogP contribution in [0.4, 0.5) is 5.69 Å². The number of aromatic nitrogens is 2. The minimum Gasteiger partial charge on any atom is -0.363 e. The Hall–Kier alpha value is -1.03. The summed E-state index contributed by atoms with van der Waals surface area (Å²) in [7, 11) is 0. The van der Waals surface area contributed by atoms with Crippen molar-refractivity contribution in [3.8, 4) is 0 Å². The maximum atomic E-state index is 4.42. The van der Waals surface area contributed by atoms with E-state index in [4.69, 9.17) is 0 Å². The first-order valence-electron chi connectivity index (χ1n) is 7.34. The van der Waals surface area contributed by atoms with Gasteiger partial charge in [-0.05, 0) is 32.1 Å². The lowest BCUT2D eigenvalue weighted by Crippen LogP contribution is -2.57. The van der Waals surface area contributed by atoms with Gasteiger partial charge in [0, 0.05) is 37.9 Å². The molecule has 0 aromatic carbocycles. The highest BCUT2D eigenvalue weighted by molar-refractivity contribution is 5.45. The number of hydrogen-bond acceptors (Lipinski definition) is 3. The molecule has 18 heavy (non-hydrogen) atoms. The third-order valence-electron chi connectivity index (χ3n) is 4.39. The molecule has 0 amide bonds. The Morgan fingerprint density at radius 3 is 2.83 bits per heavy atom. The van der Waals surface area contributed by atoms with Gasteiger partial charge in [-0.2, -0.15) is 5.10 Å². The van der Waals surface area contributed by atoms with E-state index in [0.29, 0.717) is 12.1 Å². The van der Waals surface area contributed by atoms with Crippen molar-refractivity contribution in [1.82, 2.24) is 15.1 Å². The normalized spacial score (nSPS) is 28.7. The molecule has 0 bridgehead atoms. The van der Waals surface area contributed by atoms with Gasteiger partial charge >= 0.3 is 0 Å². The van der Waals surface area contributed by atoms with Crippen molar-refractivity contribution in [3.63, 3.8) is 0 Å². The van der Waals surface area contributed by atoms with Gasteiger partial charge in [-0.25, -0.2) is 0 Å². The lowest BCUT2D eigenvalue weighted by molar-refractivity contribution is 0.360. The van der Waals surface area contributed by atoms with Crippen LogP contribution < -0.4 is 10.2 Å². The van der Waals surface area contributed by atoms with Crippen molar-refractivity contribution in [3.05, 3.63) is 12.4 Å². The largest absolute Gasteiger partial charge is 0.363 e. The summed E-state index contributed by atoms with van der Waals surface area (Å²) in [5, 5.41) is 8.15. The smallest absolute Gasteiger partial charge is 0.0755 e. The van der Waals surface area contributed by atoms with Crippen LogP contribution in [0.25, 0.3) is 0 Å². The molecule has 1 N–H and O–H groups in total. The molecule has 1 aromatic rings. The Morgan fingerprint density at radius 2 is 2.22 bits per heavy atom. The van der Waals surface area contributed by atoms with Crippen LogP contribution in [0.15, 0.2) is 12.4 Å². The summed E-state index contributed by atoms with van der Waals surface area (Å²) in [5.41, 5.74) is 1.30. The minimum atomic E-state index is 0.620. The van der Waals surface area contributed by atoms with Crippen LogP contribution in [-0.2, 0) is 6.54 Å². The number of aryl methyl sites for hydroxylation is 1. The van der Waals surface area contributed by atoms with Crippen molar-refractivity contribution in [2.45, 2.75) is 51.7 Å². The molecule has 1 aliphatic heterocycles. The molecule has 2 aliphatic rings. The van der Waals surface area contributed by atoms with Crippen LogP contribution >= 0.6 is 0 Å². The summed E-state index contributed by atoms with van der Waals surface area (Å²) in [4.78, 5) is 2.57. The fourth-order valence-corrected chi connectivity index (χ4v) is 2.99. The average Bonchev–Trinajstić information content (AvgIpc) is 3.16. The second-order valence-corrected chi connectivity index (χ2v) is 5.62. The van der Waals surface area contributed by atoms with Gasteiger partial charge in [0.1, 0.15) is 0 Å². The molecule has 2 heterocycles. The maximum absolute atomic E-state index is 4.42. The van der Waals surface area contributed by atoms with Gasteiger partial charge in [0.15, 0.2) is 0 Å². The topological polar surface area (TPSA) is 33.1 Å². The van der Waals surface area contributed by atoms with Gasteiger partial charge in [0.2, 0.25) is 0 Å². The Balaban J connectivity index is 1.76. The maximum Gasteiger partial charge on any atom is 0.0755 e. The zero-order valence-corrected chi connectivity index (χ0v) is 11.5. The summed E-state index contributed by atoms with van der Waals surface area (Å²) >= 11 is 0. The van der Waals surface area contributed by atoms with E-state index in [1.807, 2.05) is 10.9 Å². The molecule has 0 radical (unpaired) electrons. The van der Waals surface area contributed by atoms with Crippen LogP contribution in [-0.4, -0.2) is 35.0 Å². The molecule has 2 atom stereocenters. The molecule has 4 nitrogen and oxygen atoms in total. The molecule has 3 rings (SSSR count). The van der Waals surface area contributed by atoms with Gasteiger partial charge in [-0.15, -0.1) is 0 Å². The van der Waals surface area contributed by atoms with Gasteiger partial charge in [0.25, 0.3) is 0 Å². The van der Waals surface area contributed by atoms with Crippen LogP contribution in [0.1, 0.15) is 33.1 Å². The molecule has 100 valence electrons. The quantitative estimate of drug-likeness (QED) is 0.883. The van der Waals surface area contributed by atoms with E-state index in [9.17, 15) is 0 Å². The van der Waals surface area contributed by atoms with Crippen molar-refractivity contribution >= 4 is 5.69 Å². The number of rotatable bonds is 4. The van der Waals surface area contributed by atoms with Crippen LogP contribution in [0.2, 0.25) is 0 Å². The first-order chi connectivity index (χ1) is 8.81. The van der Waals surface area contributed by atoms with Crippen molar-refractivity contribution in [2.75, 3.05) is 18.0 Å². The van der Waals surface area contributed by atoms with Crippen LogP contribution in [0.5, 0.6) is 0 Å². The highest BCUT2D eigenvalue weighted by Crippen LogP contribution is 2.35. The number of anilines is 1. The zero-order chi connectivity index (χ0) is 12.5. The molecule has 4 heteroatoms. The molecule has 0 spiro atoms. The summed E-state index contributed by atoms with van der Waals surface area (Å²) in [6.45, 7) is 7.64. The molecule has 2 unspecified atom stereocenters. The number of nitrogens with one attached hydrogen (secondary N) is 1. The second kappa shape index (κ2) is 4.92. The molecule has 1 aliphatic carbocycles.